The number of likely N-dealkylation sites (N-methyl/N-ethyl adjacent to an activating group) is 1. The number of nitrogens with zero attached hydrogens (tertiary/aromatic N) is 5. The first-order valence-electron chi connectivity index (χ1n) is 13.2. The highest BCUT2D eigenvalue weighted by Gasteiger charge is 2.20. The number of benzene rings is 2. The zero-order chi connectivity index (χ0) is 27.6. The lowest BCUT2D eigenvalue weighted by Gasteiger charge is -2.32. The van der Waals surface area contributed by atoms with Crippen LogP contribution in [0.3, 0.4) is 0 Å². The lowest BCUT2D eigenvalue weighted by Crippen LogP contribution is -2.36. The van der Waals surface area contributed by atoms with Gasteiger partial charge in [0.05, 0.1) is 5.56 Å². The lowest BCUT2D eigenvalue weighted by atomic mass is 9.96. The van der Waals surface area contributed by atoms with Crippen molar-refractivity contribution in [2.75, 3.05) is 51.3 Å². The molecule has 202 valence electrons. The quantitative estimate of drug-likeness (QED) is 0.292. The second-order valence-corrected chi connectivity index (χ2v) is 9.81. The van der Waals surface area contributed by atoms with Gasteiger partial charge in [-0.3, -0.25) is 4.79 Å². The van der Waals surface area contributed by atoms with Gasteiger partial charge in [0.2, 0.25) is 0 Å². The number of nitrogens with one attached hydrogen (secondary N) is 1. The third kappa shape index (κ3) is 7.55. The minimum absolute atomic E-state index is 0.206. The van der Waals surface area contributed by atoms with Gasteiger partial charge in [0, 0.05) is 27.2 Å². The van der Waals surface area contributed by atoms with Crippen molar-refractivity contribution in [2.45, 2.75) is 19.3 Å². The number of nitrogens with two attached hydrogens (primary N) is 1. The number of piperidine rings is 1. The fraction of sp³-hybridized carbons (Fsp3) is 0.333. The Morgan fingerprint density at radius 1 is 1.13 bits per heavy atom. The van der Waals surface area contributed by atoms with Gasteiger partial charge in [0.25, 0.3) is 5.91 Å². The zero-order valence-electron chi connectivity index (χ0n) is 22.5. The Labute approximate surface area is 229 Å². The van der Waals surface area contributed by atoms with Crippen molar-refractivity contribution >= 4 is 17.5 Å². The maximum atomic E-state index is 12.0. The molecule has 0 unspecified atom stereocenters. The van der Waals surface area contributed by atoms with Gasteiger partial charge in [0.1, 0.15) is 41.1 Å². The number of anilines is 2. The summed E-state index contributed by atoms with van der Waals surface area (Å²) in [5.74, 6) is 2.93. The summed E-state index contributed by atoms with van der Waals surface area (Å²) in [6.07, 6.45) is 6.03. The van der Waals surface area contributed by atoms with E-state index >= 15 is 0 Å². The average Bonchev–Trinajstić information content (AvgIpc) is 2.95. The smallest absolute Gasteiger partial charge is 0.263 e. The van der Waals surface area contributed by atoms with Crippen LogP contribution in [0, 0.1) is 17.2 Å². The Balaban J connectivity index is 1.30. The molecule has 9 heteroatoms. The molecule has 1 aromatic heterocycles. The maximum absolute atomic E-state index is 12.0. The summed E-state index contributed by atoms with van der Waals surface area (Å²) < 4.78 is 5.91. The van der Waals surface area contributed by atoms with E-state index in [0.717, 1.165) is 67.5 Å². The van der Waals surface area contributed by atoms with E-state index in [2.05, 4.69) is 20.2 Å². The minimum Gasteiger partial charge on any atom is -0.457 e. The first-order chi connectivity index (χ1) is 18.9. The first-order valence-corrected chi connectivity index (χ1v) is 13.2. The third-order valence-corrected chi connectivity index (χ3v) is 6.81. The van der Waals surface area contributed by atoms with Crippen LogP contribution in [0.2, 0.25) is 0 Å². The highest BCUT2D eigenvalue weighted by Crippen LogP contribution is 2.33. The lowest BCUT2D eigenvalue weighted by molar-refractivity contribution is -0.124. The predicted molar refractivity (Wildman–Crippen MR) is 153 cm³/mol. The molecule has 1 amide bonds. The van der Waals surface area contributed by atoms with Crippen molar-refractivity contribution in [3.63, 3.8) is 0 Å². The van der Waals surface area contributed by atoms with E-state index in [1.54, 1.807) is 20.2 Å². The zero-order valence-corrected chi connectivity index (χ0v) is 22.5. The van der Waals surface area contributed by atoms with E-state index in [-0.39, 0.29) is 11.5 Å². The number of amides is 1. The summed E-state index contributed by atoms with van der Waals surface area (Å²) in [7, 11) is 3.31. The fourth-order valence-electron chi connectivity index (χ4n) is 4.60. The van der Waals surface area contributed by atoms with Crippen molar-refractivity contribution < 1.29 is 9.53 Å². The van der Waals surface area contributed by atoms with E-state index in [1.165, 1.54) is 11.2 Å². The molecule has 0 aliphatic carbocycles. The second-order valence-electron chi connectivity index (χ2n) is 9.81. The molecule has 1 aliphatic heterocycles. The van der Waals surface area contributed by atoms with Crippen LogP contribution in [0.25, 0.3) is 11.1 Å². The number of carbonyl (C=O) groups is 1. The molecule has 3 N–H and O–H groups in total. The molecule has 2 aromatic carbocycles. The number of hydrogen-bond acceptors (Lipinski definition) is 8. The first kappa shape index (κ1) is 27.6. The summed E-state index contributed by atoms with van der Waals surface area (Å²) in [4.78, 5) is 24.5. The number of hydrogen-bond donors (Lipinski definition) is 2. The van der Waals surface area contributed by atoms with Crippen LogP contribution in [0.5, 0.6) is 11.5 Å². The largest absolute Gasteiger partial charge is 0.457 e. The maximum Gasteiger partial charge on any atom is 0.263 e. The molecular formula is C30H35N7O2. The molecule has 3 aromatic rings. The summed E-state index contributed by atoms with van der Waals surface area (Å²) in [6.45, 7) is 3.58. The number of rotatable bonds is 10. The molecule has 1 fully saturated rings. The molecule has 0 saturated carbocycles. The molecule has 0 atom stereocenters. The summed E-state index contributed by atoms with van der Waals surface area (Å²) >= 11 is 0. The van der Waals surface area contributed by atoms with Crippen molar-refractivity contribution in [1.82, 2.24) is 19.8 Å². The Morgan fingerprint density at radius 3 is 2.49 bits per heavy atom. The van der Waals surface area contributed by atoms with Crippen molar-refractivity contribution in [2.24, 2.45) is 5.92 Å². The average molecular weight is 526 g/mol. The van der Waals surface area contributed by atoms with E-state index in [1.807, 2.05) is 60.7 Å². The number of carbonyl (C=O) groups excluding carboxylic acids is 1. The van der Waals surface area contributed by atoms with Crippen LogP contribution in [0.4, 0.5) is 11.6 Å². The van der Waals surface area contributed by atoms with Crippen molar-refractivity contribution in [3.05, 3.63) is 72.6 Å². The predicted octanol–water partition coefficient (Wildman–Crippen LogP) is 4.57. The molecule has 1 saturated heterocycles. The summed E-state index contributed by atoms with van der Waals surface area (Å²) in [5.41, 5.74) is 8.19. The van der Waals surface area contributed by atoms with E-state index < -0.39 is 0 Å². The normalized spacial score (nSPS) is 14.4. The van der Waals surface area contributed by atoms with Crippen LogP contribution in [-0.2, 0) is 4.79 Å². The Hall–Kier alpha value is -4.42. The molecule has 4 rings (SSSR count). The molecule has 0 bridgehead atoms. The molecular weight excluding hydrogens is 490 g/mol. The van der Waals surface area contributed by atoms with Gasteiger partial charge in [-0.25, -0.2) is 9.97 Å². The standard InChI is InChI=1S/C30H35N7O2/c1-36(2)30(38)24(19-31)7-6-16-37-17-14-22(15-18-37)20-33-29-27(28(32)34-21-35-29)23-10-12-26(13-11-23)39-25-8-4-3-5-9-25/h3-5,7-13,21-22H,6,14-18,20H2,1-2H3,(H3,32,33,34,35)/b24-7-. The molecule has 1 aliphatic rings. The number of para-hydroxylation sites is 1. The summed E-state index contributed by atoms with van der Waals surface area (Å²) in [5, 5.41) is 12.7. The summed E-state index contributed by atoms with van der Waals surface area (Å²) in [6, 6.07) is 19.4. The van der Waals surface area contributed by atoms with Gasteiger partial charge in [0.15, 0.2) is 0 Å². The number of likely N-dealkylation sites (tertiary alicyclic amines) is 1. The van der Waals surface area contributed by atoms with Crippen molar-refractivity contribution in [3.8, 4) is 28.7 Å². The Morgan fingerprint density at radius 2 is 1.82 bits per heavy atom. The topological polar surface area (TPSA) is 120 Å². The third-order valence-electron chi connectivity index (χ3n) is 6.81. The minimum atomic E-state index is -0.247. The van der Waals surface area contributed by atoms with Gasteiger partial charge in [-0.15, -0.1) is 0 Å². The molecule has 0 spiro atoms. The van der Waals surface area contributed by atoms with Gasteiger partial charge in [-0.05, 0) is 68.1 Å². The van der Waals surface area contributed by atoms with Crippen LogP contribution in [0.15, 0.2) is 72.6 Å². The monoisotopic (exact) mass is 525 g/mol. The van der Waals surface area contributed by atoms with E-state index in [0.29, 0.717) is 18.2 Å². The van der Waals surface area contributed by atoms with Crippen LogP contribution in [0.1, 0.15) is 19.3 Å². The fourth-order valence-corrected chi connectivity index (χ4v) is 4.60. The van der Waals surface area contributed by atoms with E-state index in [9.17, 15) is 10.1 Å². The van der Waals surface area contributed by atoms with Gasteiger partial charge in [-0.2, -0.15) is 5.26 Å². The number of aromatic nitrogens is 2. The van der Waals surface area contributed by atoms with Crippen molar-refractivity contribution in [1.29, 1.82) is 5.26 Å². The molecule has 0 radical (unpaired) electrons. The van der Waals surface area contributed by atoms with Crippen LogP contribution >= 0.6 is 0 Å². The molecule has 39 heavy (non-hydrogen) atoms. The number of nitrogen functional groups attached to an aromatic ring is 1. The number of ether oxygens (including phenoxy) is 1. The highest BCUT2D eigenvalue weighted by molar-refractivity contribution is 5.96. The van der Waals surface area contributed by atoms with Gasteiger partial charge < -0.3 is 25.6 Å². The second kappa shape index (κ2) is 13.4. The highest BCUT2D eigenvalue weighted by atomic mass is 16.5. The van der Waals surface area contributed by atoms with Crippen LogP contribution < -0.4 is 15.8 Å². The van der Waals surface area contributed by atoms with Gasteiger partial charge in [-0.1, -0.05) is 36.4 Å². The molecule has 2 heterocycles. The van der Waals surface area contributed by atoms with Crippen LogP contribution in [-0.4, -0.2) is 65.9 Å². The van der Waals surface area contributed by atoms with Gasteiger partial charge >= 0.3 is 0 Å². The van der Waals surface area contributed by atoms with E-state index in [4.69, 9.17) is 10.5 Å². The molecule has 9 nitrogen and oxygen atoms in total. The Bertz CT molecular complexity index is 1310. The SMILES string of the molecule is CN(C)C(=O)/C(C#N)=C\CCN1CCC(CNc2ncnc(N)c2-c2ccc(Oc3ccccc3)cc2)CC1. The Kier molecular flexibility index (Phi) is 9.48. The number of nitriles is 1.